The monoisotopic (exact) mass is 341 g/mol. The molecule has 0 aromatic heterocycles. The second-order valence-electron chi connectivity index (χ2n) is 6.45. The maximum atomic E-state index is 13.6. The lowest BCUT2D eigenvalue weighted by molar-refractivity contribution is 0.0336. The quantitative estimate of drug-likeness (QED) is 0.834. The minimum absolute atomic E-state index is 0.0868. The first-order valence-electron chi connectivity index (χ1n) is 7.57. The van der Waals surface area contributed by atoms with Gasteiger partial charge < -0.3 is 9.64 Å². The Morgan fingerprint density at radius 1 is 1.43 bits per heavy atom. The van der Waals surface area contributed by atoms with Crippen LogP contribution in [0, 0.1) is 18.7 Å². The molecule has 0 bridgehead atoms. The van der Waals surface area contributed by atoms with Gasteiger partial charge in [-0.15, -0.1) is 0 Å². The zero-order chi connectivity index (χ0) is 16.8. The van der Waals surface area contributed by atoms with E-state index in [-0.39, 0.29) is 36.2 Å². The van der Waals surface area contributed by atoms with Gasteiger partial charge >= 0.3 is 0 Å². The molecule has 5 nitrogen and oxygen atoms in total. The van der Waals surface area contributed by atoms with Gasteiger partial charge in [0.15, 0.2) is 9.84 Å². The topological polar surface area (TPSA) is 63.7 Å². The molecule has 0 aliphatic carbocycles. The molecule has 1 aromatic rings. The summed E-state index contributed by atoms with van der Waals surface area (Å²) in [5.41, 5.74) is 0.724. The van der Waals surface area contributed by atoms with Crippen molar-refractivity contribution in [3.63, 3.8) is 0 Å². The van der Waals surface area contributed by atoms with E-state index < -0.39 is 20.4 Å². The van der Waals surface area contributed by atoms with Gasteiger partial charge in [0, 0.05) is 31.7 Å². The highest BCUT2D eigenvalue weighted by atomic mass is 32.2. The SMILES string of the molecule is COCC1CCS(=O)(=O)C12CN(C(=O)c1ccc(C)c(F)c1)C2. The van der Waals surface area contributed by atoms with Gasteiger partial charge in [-0.1, -0.05) is 6.07 Å². The van der Waals surface area contributed by atoms with Gasteiger partial charge in [-0.05, 0) is 31.0 Å². The number of aryl methyl sites for hydroxylation is 1. The fourth-order valence-electron chi connectivity index (χ4n) is 3.56. The van der Waals surface area contributed by atoms with E-state index >= 15 is 0 Å². The van der Waals surface area contributed by atoms with Gasteiger partial charge in [0.05, 0.1) is 12.4 Å². The normalized spacial score (nSPS) is 24.7. The highest BCUT2D eigenvalue weighted by Crippen LogP contribution is 2.45. The number of ether oxygens (including phenoxy) is 1. The second kappa shape index (κ2) is 5.56. The second-order valence-corrected chi connectivity index (χ2v) is 8.90. The molecule has 2 aliphatic heterocycles. The van der Waals surface area contributed by atoms with E-state index in [0.29, 0.717) is 18.6 Å². The molecule has 1 aromatic carbocycles. The van der Waals surface area contributed by atoms with E-state index in [0.717, 1.165) is 0 Å². The van der Waals surface area contributed by atoms with Crippen molar-refractivity contribution in [2.24, 2.45) is 5.92 Å². The Bertz CT molecular complexity index is 740. The summed E-state index contributed by atoms with van der Waals surface area (Å²) in [5, 5.41) is 0. The predicted octanol–water partition coefficient (Wildman–Crippen LogP) is 1.41. The Morgan fingerprint density at radius 2 is 2.13 bits per heavy atom. The van der Waals surface area contributed by atoms with Crippen LogP contribution in [0.3, 0.4) is 0 Å². The van der Waals surface area contributed by atoms with Crippen LogP contribution in [0.15, 0.2) is 18.2 Å². The Hall–Kier alpha value is -1.47. The number of rotatable bonds is 3. The van der Waals surface area contributed by atoms with Crippen LogP contribution in [0.5, 0.6) is 0 Å². The molecule has 23 heavy (non-hydrogen) atoms. The van der Waals surface area contributed by atoms with E-state index in [4.69, 9.17) is 4.74 Å². The third-order valence-corrected chi connectivity index (χ3v) is 7.69. The Labute approximate surface area is 135 Å². The number of methoxy groups -OCH3 is 1. The molecule has 126 valence electrons. The highest BCUT2D eigenvalue weighted by molar-refractivity contribution is 7.93. The lowest BCUT2D eigenvalue weighted by atomic mass is 9.83. The van der Waals surface area contributed by atoms with Gasteiger partial charge in [0.2, 0.25) is 0 Å². The van der Waals surface area contributed by atoms with E-state index in [1.165, 1.54) is 11.0 Å². The van der Waals surface area contributed by atoms with Crippen molar-refractivity contribution in [1.82, 2.24) is 4.90 Å². The molecule has 1 spiro atoms. The van der Waals surface area contributed by atoms with E-state index in [1.54, 1.807) is 26.2 Å². The summed E-state index contributed by atoms with van der Waals surface area (Å²) in [7, 11) is -1.68. The largest absolute Gasteiger partial charge is 0.384 e. The van der Waals surface area contributed by atoms with Crippen molar-refractivity contribution in [3.8, 4) is 0 Å². The van der Waals surface area contributed by atoms with Crippen LogP contribution in [0.1, 0.15) is 22.3 Å². The fourth-order valence-corrected chi connectivity index (χ4v) is 5.96. The number of hydrogen-bond donors (Lipinski definition) is 0. The lowest BCUT2D eigenvalue weighted by Crippen LogP contribution is -2.68. The van der Waals surface area contributed by atoms with Crippen LogP contribution < -0.4 is 0 Å². The summed E-state index contributed by atoms with van der Waals surface area (Å²) < 4.78 is 42.7. The summed E-state index contributed by atoms with van der Waals surface area (Å²) in [6.45, 7) is 2.33. The molecule has 1 atom stereocenters. The van der Waals surface area contributed by atoms with Crippen LogP contribution >= 0.6 is 0 Å². The zero-order valence-corrected chi connectivity index (χ0v) is 14.0. The molecule has 3 rings (SSSR count). The standard InChI is InChI=1S/C16H20FNO4S/c1-11-3-4-12(7-14(11)17)15(19)18-9-16(10-18)13(8-22-2)5-6-23(16,20)21/h3-4,7,13H,5-6,8-10H2,1-2H3. The molecule has 2 saturated heterocycles. The van der Waals surface area contributed by atoms with Crippen LogP contribution in [-0.2, 0) is 14.6 Å². The first kappa shape index (κ1) is 16.4. The first-order valence-corrected chi connectivity index (χ1v) is 9.22. The van der Waals surface area contributed by atoms with Crippen molar-refractivity contribution < 1.29 is 22.3 Å². The predicted molar refractivity (Wildman–Crippen MR) is 83.5 cm³/mol. The minimum Gasteiger partial charge on any atom is -0.384 e. The van der Waals surface area contributed by atoms with Crippen molar-refractivity contribution in [1.29, 1.82) is 0 Å². The number of halogens is 1. The Morgan fingerprint density at radius 3 is 2.74 bits per heavy atom. The molecule has 1 amide bonds. The van der Waals surface area contributed by atoms with Gasteiger partial charge in [-0.25, -0.2) is 12.8 Å². The first-order chi connectivity index (χ1) is 10.8. The summed E-state index contributed by atoms with van der Waals surface area (Å²) in [6.07, 6.45) is 0.567. The van der Waals surface area contributed by atoms with Crippen molar-refractivity contribution in [3.05, 3.63) is 35.1 Å². The number of benzene rings is 1. The van der Waals surface area contributed by atoms with E-state index in [1.807, 2.05) is 0 Å². The molecular weight excluding hydrogens is 321 g/mol. The number of hydrogen-bond acceptors (Lipinski definition) is 4. The number of likely N-dealkylation sites (tertiary alicyclic amines) is 1. The van der Waals surface area contributed by atoms with Crippen LogP contribution in [0.25, 0.3) is 0 Å². The lowest BCUT2D eigenvalue weighted by Gasteiger charge is -2.49. The molecular formula is C16H20FNO4S. The van der Waals surface area contributed by atoms with Crippen LogP contribution in [-0.4, -0.2) is 56.5 Å². The third kappa shape index (κ3) is 2.46. The fraction of sp³-hybridized carbons (Fsp3) is 0.562. The van der Waals surface area contributed by atoms with E-state index in [9.17, 15) is 17.6 Å². The molecule has 2 aliphatic rings. The molecule has 0 N–H and O–H groups in total. The third-order valence-electron chi connectivity index (χ3n) is 5.09. The van der Waals surface area contributed by atoms with Crippen molar-refractivity contribution in [2.75, 3.05) is 32.6 Å². The van der Waals surface area contributed by atoms with Crippen LogP contribution in [0.4, 0.5) is 4.39 Å². The number of carbonyl (C=O) groups excluding carboxylic acids is 1. The maximum Gasteiger partial charge on any atom is 0.254 e. The molecule has 1 unspecified atom stereocenters. The molecule has 2 heterocycles. The average Bonchev–Trinajstić information content (AvgIpc) is 2.71. The van der Waals surface area contributed by atoms with Gasteiger partial charge in [-0.2, -0.15) is 0 Å². The number of carbonyl (C=O) groups is 1. The Kier molecular flexibility index (Phi) is 3.96. The van der Waals surface area contributed by atoms with Gasteiger partial charge in [0.25, 0.3) is 5.91 Å². The zero-order valence-electron chi connectivity index (χ0n) is 13.2. The van der Waals surface area contributed by atoms with Crippen LogP contribution in [0.2, 0.25) is 0 Å². The van der Waals surface area contributed by atoms with Crippen molar-refractivity contribution in [2.45, 2.75) is 18.1 Å². The summed E-state index contributed by atoms with van der Waals surface area (Å²) >= 11 is 0. The Balaban J connectivity index is 1.79. The average molecular weight is 341 g/mol. The number of sulfone groups is 1. The molecule has 0 saturated carbocycles. The molecule has 2 fully saturated rings. The summed E-state index contributed by atoms with van der Waals surface area (Å²) in [6, 6.07) is 4.33. The molecule has 7 heteroatoms. The number of amides is 1. The van der Waals surface area contributed by atoms with Crippen molar-refractivity contribution >= 4 is 15.7 Å². The summed E-state index contributed by atoms with van der Waals surface area (Å²) in [4.78, 5) is 13.9. The number of nitrogens with zero attached hydrogens (tertiary/aromatic N) is 1. The highest BCUT2D eigenvalue weighted by Gasteiger charge is 2.62. The smallest absolute Gasteiger partial charge is 0.254 e. The van der Waals surface area contributed by atoms with E-state index in [2.05, 4.69) is 0 Å². The minimum atomic E-state index is -3.23. The maximum absolute atomic E-state index is 13.6. The molecule has 0 radical (unpaired) electrons. The summed E-state index contributed by atoms with van der Waals surface area (Å²) in [5.74, 6) is -0.705. The van der Waals surface area contributed by atoms with Gasteiger partial charge in [-0.3, -0.25) is 4.79 Å². The van der Waals surface area contributed by atoms with Gasteiger partial charge in [0.1, 0.15) is 10.6 Å².